The Bertz CT molecular complexity index is 546. The molecule has 2 aromatic rings. The lowest BCUT2D eigenvalue weighted by molar-refractivity contribution is 0.418. The van der Waals surface area contributed by atoms with Crippen molar-refractivity contribution in [2.24, 2.45) is 0 Å². The number of hydrogen-bond donors (Lipinski definition) is 0. The van der Waals surface area contributed by atoms with E-state index in [2.05, 4.69) is 0 Å². The molecule has 0 amide bonds. The highest BCUT2D eigenvalue weighted by Gasteiger charge is 2.20. The lowest BCUT2D eigenvalue weighted by Crippen LogP contribution is -1.99. The monoisotopic (exact) mass is 214 g/mol. The SMILES string of the molecule is Cc1cccc2c(F)c(F)c(F)c(F)c12. The van der Waals surface area contributed by atoms with Crippen LogP contribution in [0.3, 0.4) is 0 Å². The smallest absolute Gasteiger partial charge is 0.198 e. The van der Waals surface area contributed by atoms with E-state index in [9.17, 15) is 17.6 Å². The van der Waals surface area contributed by atoms with E-state index < -0.39 is 23.3 Å². The van der Waals surface area contributed by atoms with Crippen molar-refractivity contribution in [3.8, 4) is 0 Å². The van der Waals surface area contributed by atoms with E-state index in [0.29, 0.717) is 5.56 Å². The van der Waals surface area contributed by atoms with Crippen molar-refractivity contribution in [1.29, 1.82) is 0 Å². The van der Waals surface area contributed by atoms with Crippen molar-refractivity contribution in [1.82, 2.24) is 0 Å². The number of rotatable bonds is 0. The van der Waals surface area contributed by atoms with Gasteiger partial charge in [0, 0.05) is 10.8 Å². The normalized spacial score (nSPS) is 11.0. The van der Waals surface area contributed by atoms with Gasteiger partial charge in [0.25, 0.3) is 0 Å². The zero-order valence-corrected chi connectivity index (χ0v) is 7.74. The zero-order valence-electron chi connectivity index (χ0n) is 7.74. The van der Waals surface area contributed by atoms with E-state index in [1.807, 2.05) is 0 Å². The van der Waals surface area contributed by atoms with Crippen LogP contribution in [0, 0.1) is 30.2 Å². The largest absolute Gasteiger partial charge is 0.203 e. The summed E-state index contributed by atoms with van der Waals surface area (Å²) in [6, 6.07) is 4.17. The second-order valence-electron chi connectivity index (χ2n) is 3.25. The third kappa shape index (κ3) is 1.28. The lowest BCUT2D eigenvalue weighted by atomic mass is 10.0. The maximum atomic E-state index is 13.3. The molecule has 0 radical (unpaired) electrons. The van der Waals surface area contributed by atoms with Gasteiger partial charge in [-0.1, -0.05) is 18.2 Å². The van der Waals surface area contributed by atoms with Crippen LogP contribution in [-0.4, -0.2) is 0 Å². The fourth-order valence-electron chi connectivity index (χ4n) is 1.56. The summed E-state index contributed by atoms with van der Waals surface area (Å²) in [4.78, 5) is 0. The first-order valence-electron chi connectivity index (χ1n) is 4.25. The predicted octanol–water partition coefficient (Wildman–Crippen LogP) is 3.70. The molecule has 0 saturated heterocycles. The van der Waals surface area contributed by atoms with Gasteiger partial charge >= 0.3 is 0 Å². The molecule has 0 atom stereocenters. The summed E-state index contributed by atoms with van der Waals surface area (Å²) in [5.41, 5.74) is 0.364. The molecule has 2 rings (SSSR count). The van der Waals surface area contributed by atoms with E-state index >= 15 is 0 Å². The molecule has 4 heteroatoms. The molecule has 0 saturated carbocycles. The molecule has 2 aromatic carbocycles. The fraction of sp³-hybridized carbons (Fsp3) is 0.0909. The minimum atomic E-state index is -1.77. The molecule has 0 heterocycles. The molecule has 15 heavy (non-hydrogen) atoms. The van der Waals surface area contributed by atoms with Gasteiger partial charge < -0.3 is 0 Å². The van der Waals surface area contributed by atoms with Crippen LogP contribution in [0.15, 0.2) is 18.2 Å². The second-order valence-corrected chi connectivity index (χ2v) is 3.25. The summed E-state index contributed by atoms with van der Waals surface area (Å²) in [7, 11) is 0. The first kappa shape index (κ1) is 9.96. The lowest BCUT2D eigenvalue weighted by Gasteiger charge is -2.06. The molecule has 0 aliphatic heterocycles. The summed E-state index contributed by atoms with van der Waals surface area (Å²) < 4.78 is 52.3. The first-order valence-corrected chi connectivity index (χ1v) is 4.25. The van der Waals surface area contributed by atoms with Gasteiger partial charge in [0.1, 0.15) is 0 Å². The van der Waals surface area contributed by atoms with Crippen LogP contribution < -0.4 is 0 Å². The van der Waals surface area contributed by atoms with Gasteiger partial charge in [-0.3, -0.25) is 0 Å². The molecule has 0 aliphatic rings. The molecule has 0 bridgehead atoms. The number of benzene rings is 2. The van der Waals surface area contributed by atoms with Crippen molar-refractivity contribution < 1.29 is 17.6 Å². The third-order valence-corrected chi connectivity index (χ3v) is 2.31. The minimum Gasteiger partial charge on any atom is -0.203 e. The minimum absolute atomic E-state index is 0.214. The van der Waals surface area contributed by atoms with Gasteiger partial charge in [-0.2, -0.15) is 0 Å². The molecular weight excluding hydrogens is 208 g/mol. The number of aryl methyl sites for hydroxylation is 1. The molecule has 0 nitrogen and oxygen atoms in total. The summed E-state index contributed by atoms with van der Waals surface area (Å²) in [6.45, 7) is 1.50. The molecule has 0 spiro atoms. The highest BCUT2D eigenvalue weighted by atomic mass is 19.2. The van der Waals surface area contributed by atoms with Gasteiger partial charge in [-0.15, -0.1) is 0 Å². The summed E-state index contributed by atoms with van der Waals surface area (Å²) >= 11 is 0. The van der Waals surface area contributed by atoms with Crippen molar-refractivity contribution >= 4 is 10.8 Å². The Hall–Kier alpha value is -1.58. The predicted molar refractivity (Wildman–Crippen MR) is 48.5 cm³/mol. The highest BCUT2D eigenvalue weighted by molar-refractivity contribution is 5.86. The topological polar surface area (TPSA) is 0 Å². The molecule has 0 aliphatic carbocycles. The van der Waals surface area contributed by atoms with Crippen LogP contribution in [0.2, 0.25) is 0 Å². The molecule has 0 N–H and O–H groups in total. The summed E-state index contributed by atoms with van der Waals surface area (Å²) in [6.07, 6.45) is 0. The van der Waals surface area contributed by atoms with E-state index in [1.54, 1.807) is 0 Å². The number of halogens is 4. The van der Waals surface area contributed by atoms with Gasteiger partial charge in [-0.25, -0.2) is 17.6 Å². The second kappa shape index (κ2) is 3.22. The van der Waals surface area contributed by atoms with Gasteiger partial charge in [0.2, 0.25) is 0 Å². The molecule has 0 fully saturated rings. The van der Waals surface area contributed by atoms with Crippen LogP contribution >= 0.6 is 0 Å². The summed E-state index contributed by atoms with van der Waals surface area (Å²) in [5.74, 6) is -6.24. The molecular formula is C11H6F4. The average molecular weight is 214 g/mol. The van der Waals surface area contributed by atoms with Crippen molar-refractivity contribution in [3.05, 3.63) is 47.0 Å². The maximum absolute atomic E-state index is 13.3. The van der Waals surface area contributed by atoms with Crippen LogP contribution in [0.1, 0.15) is 5.56 Å². The standard InChI is InChI=1S/C11H6F4/c1-5-3-2-4-6-7(5)9(13)11(15)10(14)8(6)12/h2-4H,1H3. The van der Waals surface area contributed by atoms with Crippen LogP contribution in [0.25, 0.3) is 10.8 Å². The van der Waals surface area contributed by atoms with Gasteiger partial charge in [0.05, 0.1) is 0 Å². The van der Waals surface area contributed by atoms with E-state index in [-0.39, 0.29) is 10.8 Å². The van der Waals surface area contributed by atoms with Gasteiger partial charge in [-0.05, 0) is 12.5 Å². The quantitative estimate of drug-likeness (QED) is 0.356. The fourth-order valence-corrected chi connectivity index (χ4v) is 1.56. The van der Waals surface area contributed by atoms with Crippen molar-refractivity contribution in [2.45, 2.75) is 6.92 Å². The summed E-state index contributed by atoms with van der Waals surface area (Å²) in [5, 5.41) is -0.458. The Morgan fingerprint density at radius 1 is 0.800 bits per heavy atom. The molecule has 0 aromatic heterocycles. The Labute approximate surface area is 83.1 Å². The van der Waals surface area contributed by atoms with Crippen LogP contribution in [-0.2, 0) is 0 Å². The van der Waals surface area contributed by atoms with Crippen LogP contribution in [0.5, 0.6) is 0 Å². The third-order valence-electron chi connectivity index (χ3n) is 2.31. The first-order chi connectivity index (χ1) is 7.04. The maximum Gasteiger partial charge on any atom is 0.198 e. The Kier molecular flexibility index (Phi) is 2.14. The van der Waals surface area contributed by atoms with Crippen molar-refractivity contribution in [2.75, 3.05) is 0 Å². The number of hydrogen-bond acceptors (Lipinski definition) is 0. The Balaban J connectivity index is 3.08. The molecule has 78 valence electrons. The van der Waals surface area contributed by atoms with E-state index in [1.165, 1.54) is 25.1 Å². The van der Waals surface area contributed by atoms with Crippen molar-refractivity contribution in [3.63, 3.8) is 0 Å². The zero-order chi connectivity index (χ0) is 11.2. The Morgan fingerprint density at radius 3 is 2.07 bits per heavy atom. The Morgan fingerprint density at radius 2 is 1.40 bits per heavy atom. The highest BCUT2D eigenvalue weighted by Crippen LogP contribution is 2.28. The van der Waals surface area contributed by atoms with E-state index in [4.69, 9.17) is 0 Å². The molecule has 0 unspecified atom stereocenters. The average Bonchev–Trinajstić information content (AvgIpc) is 2.23. The van der Waals surface area contributed by atoms with E-state index in [0.717, 1.165) is 0 Å². The number of fused-ring (bicyclic) bond motifs is 1. The van der Waals surface area contributed by atoms with Crippen LogP contribution in [0.4, 0.5) is 17.6 Å². The van der Waals surface area contributed by atoms with Gasteiger partial charge in [0.15, 0.2) is 23.3 Å².